The zero-order valence-corrected chi connectivity index (χ0v) is 12.8. The molecule has 0 spiro atoms. The molecule has 6 heteroatoms. The van der Waals surface area contributed by atoms with Gasteiger partial charge in [-0.25, -0.2) is 9.50 Å². The van der Waals surface area contributed by atoms with Crippen molar-refractivity contribution in [3.63, 3.8) is 0 Å². The molecule has 0 saturated carbocycles. The Bertz CT molecular complexity index is 964. The fourth-order valence-corrected chi connectivity index (χ4v) is 2.56. The van der Waals surface area contributed by atoms with Crippen LogP contribution in [0.2, 0.25) is 0 Å². The number of benzene rings is 1. The maximum Gasteiger partial charge on any atom is 0.158 e. The first-order valence-corrected chi connectivity index (χ1v) is 7.54. The van der Waals surface area contributed by atoms with Crippen molar-refractivity contribution < 1.29 is 5.11 Å². The van der Waals surface area contributed by atoms with E-state index in [1.165, 1.54) is 6.33 Å². The lowest BCUT2D eigenvalue weighted by molar-refractivity contribution is 0.282. The van der Waals surface area contributed by atoms with Crippen LogP contribution in [0.3, 0.4) is 0 Å². The third-order valence-corrected chi connectivity index (χ3v) is 3.82. The van der Waals surface area contributed by atoms with Gasteiger partial charge in [0.2, 0.25) is 0 Å². The van der Waals surface area contributed by atoms with E-state index >= 15 is 0 Å². The molecule has 1 aromatic carbocycles. The molecule has 4 aromatic rings. The minimum absolute atomic E-state index is 0.0451. The SMILES string of the molecule is OCc1ccc(-c2cc3c(Nc4ccncc4)ncnn3c2)cc1. The van der Waals surface area contributed by atoms with E-state index in [4.69, 9.17) is 5.11 Å². The highest BCUT2D eigenvalue weighted by molar-refractivity contribution is 5.79. The van der Waals surface area contributed by atoms with Crippen LogP contribution in [0.15, 0.2) is 67.4 Å². The smallest absolute Gasteiger partial charge is 0.158 e. The fourth-order valence-electron chi connectivity index (χ4n) is 2.56. The molecule has 0 aliphatic rings. The molecular formula is C18H15N5O. The van der Waals surface area contributed by atoms with E-state index in [0.717, 1.165) is 33.7 Å². The van der Waals surface area contributed by atoms with Crippen molar-refractivity contribution in [3.05, 3.63) is 72.9 Å². The molecule has 0 fully saturated rings. The van der Waals surface area contributed by atoms with Crippen LogP contribution in [0.5, 0.6) is 0 Å². The molecule has 4 rings (SSSR count). The molecule has 118 valence electrons. The Balaban J connectivity index is 1.73. The summed E-state index contributed by atoms with van der Waals surface area (Å²) in [7, 11) is 0. The molecule has 0 radical (unpaired) electrons. The number of hydrogen-bond donors (Lipinski definition) is 2. The molecule has 3 heterocycles. The standard InChI is InChI=1S/C18H15N5O/c24-11-13-1-3-14(4-2-13)15-9-17-18(20-12-21-23(17)10-15)22-16-5-7-19-8-6-16/h1-10,12,24H,11H2,(H,19,20,21,22). The van der Waals surface area contributed by atoms with Gasteiger partial charge >= 0.3 is 0 Å². The van der Waals surface area contributed by atoms with E-state index in [1.54, 1.807) is 16.9 Å². The lowest BCUT2D eigenvalue weighted by Gasteiger charge is -2.05. The normalized spacial score (nSPS) is 10.9. The molecule has 3 aromatic heterocycles. The number of rotatable bonds is 4. The van der Waals surface area contributed by atoms with Crippen molar-refractivity contribution >= 4 is 17.0 Å². The van der Waals surface area contributed by atoms with Gasteiger partial charge in [0.25, 0.3) is 0 Å². The van der Waals surface area contributed by atoms with E-state index in [1.807, 2.05) is 48.7 Å². The minimum atomic E-state index is 0.0451. The summed E-state index contributed by atoms with van der Waals surface area (Å²) in [5, 5.41) is 16.7. The van der Waals surface area contributed by atoms with Gasteiger partial charge in [-0.1, -0.05) is 24.3 Å². The van der Waals surface area contributed by atoms with Gasteiger partial charge in [0.15, 0.2) is 5.82 Å². The molecule has 0 bridgehead atoms. The van der Waals surface area contributed by atoms with Gasteiger partial charge in [-0.3, -0.25) is 4.98 Å². The predicted octanol–water partition coefficient (Wildman–Crippen LogP) is 3.03. The molecule has 6 nitrogen and oxygen atoms in total. The summed E-state index contributed by atoms with van der Waals surface area (Å²) in [5.41, 5.74) is 4.80. The molecule has 0 aliphatic heterocycles. The Morgan fingerprint density at radius 1 is 1.00 bits per heavy atom. The number of aliphatic hydroxyl groups is 1. The lowest BCUT2D eigenvalue weighted by Crippen LogP contribution is -1.99. The van der Waals surface area contributed by atoms with Crippen molar-refractivity contribution in [1.82, 2.24) is 19.6 Å². The summed E-state index contributed by atoms with van der Waals surface area (Å²) in [6, 6.07) is 13.6. The molecule has 24 heavy (non-hydrogen) atoms. The first-order valence-electron chi connectivity index (χ1n) is 7.54. The zero-order valence-electron chi connectivity index (χ0n) is 12.8. The maximum atomic E-state index is 9.15. The van der Waals surface area contributed by atoms with Crippen LogP contribution in [0, 0.1) is 0 Å². The van der Waals surface area contributed by atoms with E-state index in [-0.39, 0.29) is 6.61 Å². The summed E-state index contributed by atoms with van der Waals surface area (Å²) in [5.74, 6) is 0.731. The second kappa shape index (κ2) is 6.10. The fraction of sp³-hybridized carbons (Fsp3) is 0.0556. The van der Waals surface area contributed by atoms with Crippen molar-refractivity contribution in [2.75, 3.05) is 5.32 Å². The van der Waals surface area contributed by atoms with E-state index in [9.17, 15) is 0 Å². The molecule has 0 saturated heterocycles. The van der Waals surface area contributed by atoms with Crippen LogP contribution < -0.4 is 5.32 Å². The van der Waals surface area contributed by atoms with E-state index in [2.05, 4.69) is 20.4 Å². The summed E-state index contributed by atoms with van der Waals surface area (Å²) in [6.45, 7) is 0.0451. The number of aliphatic hydroxyl groups excluding tert-OH is 1. The quantitative estimate of drug-likeness (QED) is 0.605. The second-order valence-electron chi connectivity index (χ2n) is 5.38. The number of nitrogens with one attached hydrogen (secondary N) is 1. The van der Waals surface area contributed by atoms with Crippen LogP contribution in [0.4, 0.5) is 11.5 Å². The van der Waals surface area contributed by atoms with Crippen LogP contribution in [-0.4, -0.2) is 24.7 Å². The Morgan fingerprint density at radius 3 is 2.54 bits per heavy atom. The van der Waals surface area contributed by atoms with Crippen molar-refractivity contribution in [1.29, 1.82) is 0 Å². The average Bonchev–Trinajstić information content (AvgIpc) is 3.08. The predicted molar refractivity (Wildman–Crippen MR) is 91.9 cm³/mol. The minimum Gasteiger partial charge on any atom is -0.392 e. The number of aromatic nitrogens is 4. The van der Waals surface area contributed by atoms with Gasteiger partial charge in [0.1, 0.15) is 11.8 Å². The highest BCUT2D eigenvalue weighted by atomic mass is 16.3. The maximum absolute atomic E-state index is 9.15. The lowest BCUT2D eigenvalue weighted by atomic mass is 10.1. The first kappa shape index (κ1) is 14.3. The highest BCUT2D eigenvalue weighted by Crippen LogP contribution is 2.26. The third-order valence-electron chi connectivity index (χ3n) is 3.82. The molecule has 0 amide bonds. The number of anilines is 2. The van der Waals surface area contributed by atoms with Gasteiger partial charge in [-0.05, 0) is 29.3 Å². The average molecular weight is 317 g/mol. The van der Waals surface area contributed by atoms with E-state index in [0.29, 0.717) is 0 Å². The van der Waals surface area contributed by atoms with Crippen molar-refractivity contribution in [2.45, 2.75) is 6.61 Å². The van der Waals surface area contributed by atoms with Crippen LogP contribution in [0.1, 0.15) is 5.56 Å². The van der Waals surface area contributed by atoms with Crippen LogP contribution in [-0.2, 0) is 6.61 Å². The monoisotopic (exact) mass is 317 g/mol. The highest BCUT2D eigenvalue weighted by Gasteiger charge is 2.08. The third kappa shape index (κ3) is 2.70. The number of nitrogens with zero attached hydrogens (tertiary/aromatic N) is 4. The summed E-state index contributed by atoms with van der Waals surface area (Å²) in [4.78, 5) is 8.35. The molecule has 0 aliphatic carbocycles. The van der Waals surface area contributed by atoms with Crippen LogP contribution >= 0.6 is 0 Å². The molecule has 0 unspecified atom stereocenters. The Morgan fingerprint density at radius 2 is 1.79 bits per heavy atom. The number of fused-ring (bicyclic) bond motifs is 1. The second-order valence-corrected chi connectivity index (χ2v) is 5.38. The Hall–Kier alpha value is -3.25. The van der Waals surface area contributed by atoms with Crippen molar-refractivity contribution in [3.8, 4) is 11.1 Å². The Kier molecular flexibility index (Phi) is 3.64. The van der Waals surface area contributed by atoms with Gasteiger partial charge in [0.05, 0.1) is 6.61 Å². The van der Waals surface area contributed by atoms with Gasteiger partial charge < -0.3 is 10.4 Å². The summed E-state index contributed by atoms with van der Waals surface area (Å²) < 4.78 is 1.80. The van der Waals surface area contributed by atoms with E-state index < -0.39 is 0 Å². The van der Waals surface area contributed by atoms with Crippen molar-refractivity contribution in [2.24, 2.45) is 0 Å². The zero-order chi connectivity index (χ0) is 16.4. The molecular weight excluding hydrogens is 302 g/mol. The van der Waals surface area contributed by atoms with Gasteiger partial charge in [0, 0.05) is 29.8 Å². The van der Waals surface area contributed by atoms with Crippen LogP contribution in [0.25, 0.3) is 16.6 Å². The summed E-state index contributed by atoms with van der Waals surface area (Å²) >= 11 is 0. The van der Waals surface area contributed by atoms with Gasteiger partial charge in [-0.2, -0.15) is 5.10 Å². The Labute approximate surface area is 138 Å². The molecule has 0 atom stereocenters. The number of hydrogen-bond acceptors (Lipinski definition) is 5. The number of pyridine rings is 1. The van der Waals surface area contributed by atoms with Gasteiger partial charge in [-0.15, -0.1) is 0 Å². The molecule has 2 N–H and O–H groups in total. The largest absolute Gasteiger partial charge is 0.392 e. The first-order chi connectivity index (χ1) is 11.8. The summed E-state index contributed by atoms with van der Waals surface area (Å²) in [6.07, 6.45) is 6.94. The topological polar surface area (TPSA) is 75.3 Å².